The third-order valence-corrected chi connectivity index (χ3v) is 6.46. The zero-order valence-electron chi connectivity index (χ0n) is 18.9. The van der Waals surface area contributed by atoms with Crippen LogP contribution in [0.1, 0.15) is 43.4 Å². The molecule has 1 aliphatic rings. The van der Waals surface area contributed by atoms with Crippen molar-refractivity contribution in [1.29, 1.82) is 0 Å². The smallest absolute Gasteiger partial charge is 0.253 e. The van der Waals surface area contributed by atoms with Crippen LogP contribution in [0.15, 0.2) is 44.7 Å². The van der Waals surface area contributed by atoms with Crippen molar-refractivity contribution in [3.63, 3.8) is 0 Å². The molecule has 0 radical (unpaired) electrons. The Balaban J connectivity index is 1.49. The number of furan rings is 1. The van der Waals surface area contributed by atoms with Crippen LogP contribution in [0.4, 0.5) is 17.1 Å². The van der Waals surface area contributed by atoms with E-state index in [9.17, 15) is 14.7 Å². The van der Waals surface area contributed by atoms with Crippen LogP contribution in [0.25, 0.3) is 11.5 Å². The second kappa shape index (κ2) is 7.33. The second-order valence-electron chi connectivity index (χ2n) is 9.26. The zero-order valence-corrected chi connectivity index (χ0v) is 18.9. The van der Waals surface area contributed by atoms with Crippen LogP contribution in [-0.4, -0.2) is 19.6 Å². The maximum Gasteiger partial charge on any atom is 0.253 e. The maximum absolute atomic E-state index is 12.5. The summed E-state index contributed by atoms with van der Waals surface area (Å²) in [7, 11) is 1.79. The number of aromatic hydroxyl groups is 1. The van der Waals surface area contributed by atoms with Crippen LogP contribution in [0.2, 0.25) is 0 Å². The number of anilines is 3. The Labute approximate surface area is 189 Å². The van der Waals surface area contributed by atoms with Gasteiger partial charge in [-0.2, -0.15) is 0 Å². The number of rotatable bonds is 5. The average molecular weight is 447 g/mol. The van der Waals surface area contributed by atoms with Crippen molar-refractivity contribution in [2.75, 3.05) is 10.6 Å². The Morgan fingerprint density at radius 2 is 1.94 bits per heavy atom. The van der Waals surface area contributed by atoms with E-state index < -0.39 is 10.9 Å². The quantitative estimate of drug-likeness (QED) is 0.397. The van der Waals surface area contributed by atoms with Crippen LogP contribution >= 0.6 is 0 Å². The van der Waals surface area contributed by atoms with Crippen molar-refractivity contribution >= 4 is 17.1 Å². The highest BCUT2D eigenvalue weighted by atomic mass is 16.3. The predicted molar refractivity (Wildman–Crippen MR) is 125 cm³/mol. The highest BCUT2D eigenvalue weighted by Crippen LogP contribution is 2.47. The normalized spacial score (nSPS) is 17.2. The minimum absolute atomic E-state index is 0.110. The number of hydrogen-bond donors (Lipinski definition) is 3. The molecule has 1 atom stereocenters. The number of fused-ring (bicyclic) bond motifs is 1. The summed E-state index contributed by atoms with van der Waals surface area (Å²) in [6.07, 6.45) is 6.66. The molecule has 3 aromatic heterocycles. The molecule has 33 heavy (non-hydrogen) atoms. The molecule has 0 aliphatic heterocycles. The van der Waals surface area contributed by atoms with Gasteiger partial charge in [-0.1, -0.05) is 13.8 Å². The zero-order chi connectivity index (χ0) is 23.5. The summed E-state index contributed by atoms with van der Waals surface area (Å²) in [5.74, 6) is 1.93. The minimum Gasteiger partial charge on any atom is -0.504 e. The van der Waals surface area contributed by atoms with Gasteiger partial charge in [-0.25, -0.2) is 9.97 Å². The van der Waals surface area contributed by atoms with Crippen molar-refractivity contribution in [2.45, 2.75) is 39.7 Å². The van der Waals surface area contributed by atoms with E-state index >= 15 is 0 Å². The topological polar surface area (TPSA) is 122 Å². The van der Waals surface area contributed by atoms with Gasteiger partial charge in [0.05, 0.1) is 11.7 Å². The number of pyridine rings is 1. The number of hydrogen-bond acceptors (Lipinski definition) is 8. The van der Waals surface area contributed by atoms with E-state index in [4.69, 9.17) is 4.42 Å². The fraction of sp³-hybridized carbons (Fsp3) is 0.333. The lowest BCUT2D eigenvalue weighted by atomic mass is 9.73. The van der Waals surface area contributed by atoms with Crippen molar-refractivity contribution in [3.8, 4) is 17.3 Å². The van der Waals surface area contributed by atoms with Gasteiger partial charge in [0.2, 0.25) is 0 Å². The Bertz CT molecular complexity index is 1440. The molecule has 0 saturated heterocycles. The Morgan fingerprint density at radius 3 is 2.67 bits per heavy atom. The van der Waals surface area contributed by atoms with E-state index in [1.54, 1.807) is 30.1 Å². The molecule has 0 spiro atoms. The van der Waals surface area contributed by atoms with Gasteiger partial charge in [-0.05, 0) is 42.9 Å². The second-order valence-corrected chi connectivity index (χ2v) is 9.26. The van der Waals surface area contributed by atoms with Gasteiger partial charge < -0.3 is 24.7 Å². The van der Waals surface area contributed by atoms with Crippen molar-refractivity contribution in [1.82, 2.24) is 14.5 Å². The molecule has 9 heteroatoms. The first-order valence-electron chi connectivity index (χ1n) is 10.8. The lowest BCUT2D eigenvalue weighted by molar-refractivity contribution is 0.232. The Kier molecular flexibility index (Phi) is 4.66. The number of nitrogens with one attached hydrogen (secondary N) is 2. The fourth-order valence-electron chi connectivity index (χ4n) is 4.48. The summed E-state index contributed by atoms with van der Waals surface area (Å²) in [5.41, 5.74) is 0.509. The van der Waals surface area contributed by atoms with Gasteiger partial charge in [0.25, 0.3) is 10.9 Å². The molecule has 170 valence electrons. The first-order valence-corrected chi connectivity index (χ1v) is 10.8. The number of nitrogens with zero attached hydrogens (tertiary/aromatic N) is 3. The van der Waals surface area contributed by atoms with Crippen LogP contribution in [-0.2, 0) is 13.5 Å². The summed E-state index contributed by atoms with van der Waals surface area (Å²) in [6.45, 7) is 6.12. The molecule has 1 aliphatic carbocycles. The monoisotopic (exact) mass is 447 g/mol. The van der Waals surface area contributed by atoms with Gasteiger partial charge in [-0.3, -0.25) is 9.59 Å². The highest BCUT2D eigenvalue weighted by molar-refractivity contribution is 5.83. The van der Waals surface area contributed by atoms with Crippen LogP contribution < -0.4 is 21.5 Å². The molecule has 1 unspecified atom stereocenters. The van der Waals surface area contributed by atoms with Crippen LogP contribution in [0, 0.1) is 12.3 Å². The Hall–Kier alpha value is -3.88. The van der Waals surface area contributed by atoms with Crippen molar-refractivity contribution in [2.24, 2.45) is 12.5 Å². The largest absolute Gasteiger partial charge is 0.504 e. The molecular formula is C24H25N5O4. The Morgan fingerprint density at radius 1 is 1.18 bits per heavy atom. The van der Waals surface area contributed by atoms with E-state index in [1.807, 2.05) is 13.0 Å². The van der Waals surface area contributed by atoms with Gasteiger partial charge >= 0.3 is 0 Å². The van der Waals surface area contributed by atoms with Gasteiger partial charge in [0.15, 0.2) is 11.6 Å². The van der Waals surface area contributed by atoms with Crippen LogP contribution in [0.3, 0.4) is 0 Å². The van der Waals surface area contributed by atoms with Gasteiger partial charge in [0, 0.05) is 25.6 Å². The summed E-state index contributed by atoms with van der Waals surface area (Å²) < 4.78 is 7.69. The van der Waals surface area contributed by atoms with Gasteiger partial charge in [0.1, 0.15) is 28.6 Å². The van der Waals surface area contributed by atoms with E-state index in [-0.39, 0.29) is 40.0 Å². The minimum atomic E-state index is -0.642. The van der Waals surface area contributed by atoms with Crippen molar-refractivity contribution in [3.05, 3.63) is 68.3 Å². The molecule has 5 rings (SSSR count). The van der Waals surface area contributed by atoms with Gasteiger partial charge in [-0.15, -0.1) is 0 Å². The van der Waals surface area contributed by atoms with E-state index in [0.29, 0.717) is 5.82 Å². The third kappa shape index (κ3) is 3.31. The lowest BCUT2D eigenvalue weighted by Crippen LogP contribution is -2.41. The highest BCUT2D eigenvalue weighted by Gasteiger charge is 2.40. The fourth-order valence-corrected chi connectivity index (χ4v) is 4.48. The first-order chi connectivity index (χ1) is 15.7. The predicted octanol–water partition coefficient (Wildman–Crippen LogP) is 3.55. The summed E-state index contributed by atoms with van der Waals surface area (Å²) >= 11 is 0. The average Bonchev–Trinajstić information content (AvgIpc) is 3.37. The van der Waals surface area contributed by atoms with E-state index in [0.717, 1.165) is 29.9 Å². The maximum atomic E-state index is 12.5. The first kappa shape index (κ1) is 21.0. The van der Waals surface area contributed by atoms with Crippen LogP contribution in [0.5, 0.6) is 5.75 Å². The molecule has 0 saturated carbocycles. The molecule has 0 fully saturated rings. The number of aromatic nitrogens is 3. The molecular weight excluding hydrogens is 422 g/mol. The number of aryl methyl sites for hydroxylation is 3. The molecule has 4 aromatic rings. The molecule has 0 amide bonds. The molecule has 3 heterocycles. The summed E-state index contributed by atoms with van der Waals surface area (Å²) in [4.78, 5) is 33.4. The number of imidazole rings is 1. The summed E-state index contributed by atoms with van der Waals surface area (Å²) in [5, 5.41) is 17.0. The summed E-state index contributed by atoms with van der Waals surface area (Å²) in [6, 6.07) is 3.29. The molecule has 9 nitrogen and oxygen atoms in total. The van der Waals surface area contributed by atoms with E-state index in [1.165, 1.54) is 6.20 Å². The molecule has 0 bridgehead atoms. The van der Waals surface area contributed by atoms with E-state index in [2.05, 4.69) is 34.4 Å². The lowest BCUT2D eigenvalue weighted by Gasteiger charge is -2.38. The van der Waals surface area contributed by atoms with Crippen molar-refractivity contribution < 1.29 is 9.52 Å². The molecule has 3 N–H and O–H groups in total. The molecule has 1 aromatic carbocycles. The standard InChI is InChI=1S/C24H25N5O4/c1-12-11-13-5-7-24(2,3)22(21(13)33-12)28-16-15(19(31)20(16)32)27-14-6-8-25-17(18(14)30)23-26-9-10-29(23)4/h6,8-11,22,28,30H,5,7H2,1-4H3,(H,25,27). The SMILES string of the molecule is Cc1cc2c(o1)C(Nc1c(Nc3ccnc(-c4nccn4C)c3O)c(=O)c1=O)C(C)(C)CC2. The third-order valence-electron chi connectivity index (χ3n) is 6.46.